The summed E-state index contributed by atoms with van der Waals surface area (Å²) in [6.07, 6.45) is 1.60. The Kier molecular flexibility index (Phi) is 6.28. The van der Waals surface area contributed by atoms with Crippen LogP contribution in [0.5, 0.6) is 0 Å². The Labute approximate surface area is 149 Å². The Morgan fingerprint density at radius 3 is 2.54 bits per heavy atom. The van der Waals surface area contributed by atoms with E-state index in [0.717, 1.165) is 23.1 Å². The largest absolute Gasteiger partial charge is 0.481 e. The average Bonchev–Trinajstić information content (AvgIpc) is 2.91. The molecule has 8 heteroatoms. The van der Waals surface area contributed by atoms with Crippen LogP contribution in [-0.4, -0.2) is 38.3 Å². The number of carbonyl (C=O) groups is 2. The van der Waals surface area contributed by atoms with Gasteiger partial charge in [-0.15, -0.1) is 11.8 Å². The monoisotopic (exact) mass is 367 g/mol. The van der Waals surface area contributed by atoms with E-state index in [1.807, 2.05) is 26.0 Å². The molecule has 1 aromatic carbocycles. The van der Waals surface area contributed by atoms with Crippen molar-refractivity contribution in [3.05, 3.63) is 41.2 Å². The molecular weight excluding hydrogens is 350 g/mol. The molecule has 0 saturated heterocycles. The fourth-order valence-electron chi connectivity index (χ4n) is 2.22. The molecule has 0 atom stereocenters. The number of thioether (sulfide) groups is 1. The van der Waals surface area contributed by atoms with Crippen LogP contribution in [0.1, 0.15) is 25.5 Å². The van der Waals surface area contributed by atoms with Crippen molar-refractivity contribution in [3.63, 3.8) is 0 Å². The van der Waals surface area contributed by atoms with Crippen molar-refractivity contribution >= 4 is 40.9 Å². The maximum absolute atomic E-state index is 12.0. The summed E-state index contributed by atoms with van der Waals surface area (Å²) in [5, 5.41) is 16.4. The van der Waals surface area contributed by atoms with Gasteiger partial charge in [0, 0.05) is 5.02 Å². The van der Waals surface area contributed by atoms with Crippen molar-refractivity contribution in [3.8, 4) is 5.69 Å². The van der Waals surface area contributed by atoms with Crippen LogP contribution >= 0.6 is 23.4 Å². The molecule has 0 unspecified atom stereocenters. The highest BCUT2D eigenvalue weighted by Crippen LogP contribution is 2.27. The number of hydrogen-bond acceptors (Lipinski definition) is 4. The van der Waals surface area contributed by atoms with Gasteiger partial charge in [0.25, 0.3) is 0 Å². The van der Waals surface area contributed by atoms with Crippen molar-refractivity contribution in [1.29, 1.82) is 0 Å². The fraction of sp³-hybridized carbons (Fsp3) is 0.312. The van der Waals surface area contributed by atoms with Crippen LogP contribution in [0.2, 0.25) is 5.02 Å². The van der Waals surface area contributed by atoms with E-state index in [4.69, 9.17) is 16.7 Å². The highest BCUT2D eigenvalue weighted by molar-refractivity contribution is 8.00. The van der Waals surface area contributed by atoms with E-state index >= 15 is 0 Å². The number of nitrogens with one attached hydrogen (secondary N) is 1. The van der Waals surface area contributed by atoms with Gasteiger partial charge in [0.1, 0.15) is 0 Å². The van der Waals surface area contributed by atoms with E-state index in [0.29, 0.717) is 10.7 Å². The smallest absolute Gasteiger partial charge is 0.313 e. The van der Waals surface area contributed by atoms with Gasteiger partial charge in [-0.1, -0.05) is 25.4 Å². The van der Waals surface area contributed by atoms with Gasteiger partial charge in [-0.05, 0) is 30.2 Å². The summed E-state index contributed by atoms with van der Waals surface area (Å²) in [5.41, 5.74) is 2.35. The highest BCUT2D eigenvalue weighted by Gasteiger charge is 2.17. The van der Waals surface area contributed by atoms with Crippen molar-refractivity contribution in [2.75, 3.05) is 16.8 Å². The van der Waals surface area contributed by atoms with Gasteiger partial charge in [-0.2, -0.15) is 5.10 Å². The third kappa shape index (κ3) is 4.75. The number of amides is 1. The van der Waals surface area contributed by atoms with Crippen LogP contribution in [0, 0.1) is 0 Å². The van der Waals surface area contributed by atoms with Crippen molar-refractivity contribution < 1.29 is 14.7 Å². The Morgan fingerprint density at radius 2 is 1.96 bits per heavy atom. The van der Waals surface area contributed by atoms with Crippen molar-refractivity contribution in [1.82, 2.24) is 9.78 Å². The first kappa shape index (κ1) is 18.4. The quantitative estimate of drug-likeness (QED) is 0.783. The predicted molar refractivity (Wildman–Crippen MR) is 96.3 cm³/mol. The Morgan fingerprint density at radius 1 is 1.29 bits per heavy atom. The highest BCUT2D eigenvalue weighted by atomic mass is 35.5. The summed E-state index contributed by atoms with van der Waals surface area (Å²) >= 11 is 6.97. The molecule has 1 heterocycles. The lowest BCUT2D eigenvalue weighted by atomic mass is 10.1. The lowest BCUT2D eigenvalue weighted by molar-refractivity contribution is -0.133. The van der Waals surface area contributed by atoms with Gasteiger partial charge >= 0.3 is 5.97 Å². The van der Waals surface area contributed by atoms with Crippen LogP contribution in [0.15, 0.2) is 30.5 Å². The summed E-state index contributed by atoms with van der Waals surface area (Å²) in [5.74, 6) is -1.08. The van der Waals surface area contributed by atoms with E-state index in [2.05, 4.69) is 10.4 Å². The third-order valence-corrected chi connectivity index (χ3v) is 4.33. The minimum Gasteiger partial charge on any atom is -0.481 e. The molecule has 1 aromatic heterocycles. The fourth-order valence-corrected chi connectivity index (χ4v) is 2.88. The standard InChI is InChI=1S/C16H18ClN3O3S/c1-10(2)16-13(19-14(21)8-24-9-15(22)23)7-18-20(16)12-5-3-11(17)4-6-12/h3-7,10H,8-9H2,1-2H3,(H,19,21)(H,22,23). The zero-order chi connectivity index (χ0) is 17.7. The molecule has 1 amide bonds. The first-order valence-corrected chi connectivity index (χ1v) is 8.85. The molecule has 128 valence electrons. The second-order valence-electron chi connectivity index (χ2n) is 5.42. The number of aromatic nitrogens is 2. The molecule has 0 aliphatic rings. The summed E-state index contributed by atoms with van der Waals surface area (Å²) in [6.45, 7) is 4.02. The molecule has 0 aliphatic heterocycles. The molecule has 2 aromatic rings. The molecule has 2 N–H and O–H groups in total. The van der Waals surface area contributed by atoms with Crippen LogP contribution in [0.3, 0.4) is 0 Å². The molecule has 6 nitrogen and oxygen atoms in total. The van der Waals surface area contributed by atoms with E-state index in [9.17, 15) is 9.59 Å². The molecule has 0 spiro atoms. The van der Waals surface area contributed by atoms with E-state index in [-0.39, 0.29) is 23.3 Å². The normalized spacial score (nSPS) is 10.8. The number of nitrogens with zero attached hydrogens (tertiary/aromatic N) is 2. The lowest BCUT2D eigenvalue weighted by Gasteiger charge is -2.13. The molecule has 0 saturated carbocycles. The van der Waals surface area contributed by atoms with Crippen LogP contribution in [-0.2, 0) is 9.59 Å². The van der Waals surface area contributed by atoms with Crippen molar-refractivity contribution in [2.24, 2.45) is 0 Å². The molecular formula is C16H18ClN3O3S. The maximum Gasteiger partial charge on any atom is 0.313 e. The number of benzene rings is 1. The molecule has 24 heavy (non-hydrogen) atoms. The van der Waals surface area contributed by atoms with E-state index in [1.54, 1.807) is 23.0 Å². The van der Waals surface area contributed by atoms with Gasteiger partial charge in [0.15, 0.2) is 0 Å². The number of anilines is 1. The van der Waals surface area contributed by atoms with E-state index in [1.165, 1.54) is 0 Å². The summed E-state index contributed by atoms with van der Waals surface area (Å²) < 4.78 is 1.76. The summed E-state index contributed by atoms with van der Waals surface area (Å²) in [4.78, 5) is 22.5. The van der Waals surface area contributed by atoms with Gasteiger partial charge in [-0.3, -0.25) is 9.59 Å². The zero-order valence-electron chi connectivity index (χ0n) is 13.3. The number of rotatable bonds is 7. The Bertz CT molecular complexity index is 729. The predicted octanol–water partition coefficient (Wildman–Crippen LogP) is 3.41. The lowest BCUT2D eigenvalue weighted by Crippen LogP contribution is -2.17. The number of carbonyl (C=O) groups excluding carboxylic acids is 1. The number of hydrogen-bond donors (Lipinski definition) is 2. The second-order valence-corrected chi connectivity index (χ2v) is 6.84. The van der Waals surface area contributed by atoms with E-state index < -0.39 is 5.97 Å². The van der Waals surface area contributed by atoms with Crippen LogP contribution < -0.4 is 5.32 Å². The van der Waals surface area contributed by atoms with Crippen molar-refractivity contribution in [2.45, 2.75) is 19.8 Å². The zero-order valence-corrected chi connectivity index (χ0v) is 14.9. The minimum absolute atomic E-state index is 0.0793. The average molecular weight is 368 g/mol. The Hall–Kier alpha value is -1.99. The maximum atomic E-state index is 12.0. The summed E-state index contributed by atoms with van der Waals surface area (Å²) in [7, 11) is 0. The van der Waals surface area contributed by atoms with Crippen LogP contribution in [0.4, 0.5) is 5.69 Å². The minimum atomic E-state index is -0.939. The van der Waals surface area contributed by atoms with Gasteiger partial charge in [0.2, 0.25) is 5.91 Å². The van der Waals surface area contributed by atoms with Crippen LogP contribution in [0.25, 0.3) is 5.69 Å². The molecule has 0 aliphatic carbocycles. The first-order valence-electron chi connectivity index (χ1n) is 7.31. The number of halogens is 1. The van der Waals surface area contributed by atoms with Gasteiger partial charge < -0.3 is 10.4 Å². The SMILES string of the molecule is CC(C)c1c(NC(=O)CSCC(=O)O)cnn1-c1ccc(Cl)cc1. The second kappa shape index (κ2) is 8.21. The number of aliphatic carboxylic acids is 1. The number of carboxylic acid groups (broad SMARTS) is 1. The van der Waals surface area contributed by atoms with Gasteiger partial charge in [0.05, 0.1) is 34.8 Å². The Balaban J connectivity index is 2.17. The molecule has 0 radical (unpaired) electrons. The third-order valence-electron chi connectivity index (χ3n) is 3.16. The summed E-state index contributed by atoms with van der Waals surface area (Å²) in [6, 6.07) is 7.28. The topological polar surface area (TPSA) is 84.2 Å². The number of carboxylic acids is 1. The van der Waals surface area contributed by atoms with Gasteiger partial charge in [-0.25, -0.2) is 4.68 Å². The molecule has 0 fully saturated rings. The molecule has 0 bridgehead atoms. The first-order chi connectivity index (χ1) is 11.4. The molecule has 2 rings (SSSR count).